The smallest absolute Gasteiger partial charge is 0.361 e. The summed E-state index contributed by atoms with van der Waals surface area (Å²) in [7, 11) is 0. The first-order valence-corrected chi connectivity index (χ1v) is 6.06. The van der Waals surface area contributed by atoms with Crippen LogP contribution in [0.5, 0.6) is 0 Å². The van der Waals surface area contributed by atoms with Crippen LogP contribution in [-0.2, 0) is 6.18 Å². The average molecular weight is 359 g/mol. The van der Waals surface area contributed by atoms with Gasteiger partial charge in [-0.05, 0) is 6.07 Å². The summed E-state index contributed by atoms with van der Waals surface area (Å²) >= 11 is 5.54. The van der Waals surface area contributed by atoms with Crippen molar-refractivity contribution in [2.45, 2.75) is 18.1 Å². The molecule has 0 aliphatic carbocycles. The lowest BCUT2D eigenvalue weighted by Gasteiger charge is -2.35. The average Bonchev–Trinajstić information content (AvgIpc) is 2.75. The zero-order valence-electron chi connectivity index (χ0n) is 10.7. The summed E-state index contributed by atoms with van der Waals surface area (Å²) in [6.07, 6.45) is -9.41. The number of nitrogens with zero attached hydrogens (tertiary/aromatic N) is 4. The number of pyridine rings is 1. The maximum atomic E-state index is 13.1. The molecule has 12 heteroatoms. The molecule has 0 saturated heterocycles. The van der Waals surface area contributed by atoms with Gasteiger partial charge < -0.3 is 5.11 Å². The monoisotopic (exact) mass is 358 g/mol. The van der Waals surface area contributed by atoms with Gasteiger partial charge in [-0.25, -0.2) is 9.99 Å². The van der Waals surface area contributed by atoms with E-state index < -0.39 is 40.4 Å². The number of aliphatic hydroxyl groups is 1. The first-order valence-electron chi connectivity index (χ1n) is 5.68. The van der Waals surface area contributed by atoms with Gasteiger partial charge in [0.1, 0.15) is 5.92 Å². The van der Waals surface area contributed by atoms with Crippen LogP contribution in [-0.4, -0.2) is 28.2 Å². The van der Waals surface area contributed by atoms with Crippen LogP contribution in [0.4, 0.5) is 32.2 Å². The highest BCUT2D eigenvalue weighted by atomic mass is 35.5. The maximum Gasteiger partial charge on any atom is 0.440 e. The fourth-order valence-corrected chi connectivity index (χ4v) is 2.08. The number of alkyl halides is 6. The maximum absolute atomic E-state index is 13.1. The molecule has 1 aromatic rings. The molecule has 1 aromatic heterocycles. The minimum atomic E-state index is -5.35. The van der Waals surface area contributed by atoms with Crippen molar-refractivity contribution in [3.8, 4) is 6.07 Å². The topological polar surface area (TPSA) is 72.5 Å². The molecule has 2 rings (SSSR count). The van der Waals surface area contributed by atoms with Gasteiger partial charge in [-0.1, -0.05) is 11.6 Å². The molecule has 0 bridgehead atoms. The van der Waals surface area contributed by atoms with Gasteiger partial charge in [0.15, 0.2) is 5.82 Å². The highest BCUT2D eigenvalue weighted by Gasteiger charge is 2.66. The van der Waals surface area contributed by atoms with E-state index in [1.54, 1.807) is 0 Å². The van der Waals surface area contributed by atoms with E-state index in [2.05, 4.69) is 10.1 Å². The third-order valence-corrected chi connectivity index (χ3v) is 3.27. The van der Waals surface area contributed by atoms with E-state index in [1.165, 1.54) is 6.07 Å². The number of halogens is 7. The van der Waals surface area contributed by atoms with Crippen molar-refractivity contribution in [3.05, 3.63) is 22.8 Å². The van der Waals surface area contributed by atoms with Crippen molar-refractivity contribution in [2.75, 3.05) is 5.01 Å². The zero-order valence-corrected chi connectivity index (χ0v) is 11.4. The van der Waals surface area contributed by atoms with Gasteiger partial charge in [0.05, 0.1) is 16.7 Å². The molecule has 0 aromatic carbocycles. The summed E-state index contributed by atoms with van der Waals surface area (Å²) in [5.41, 5.74) is -5.08. The van der Waals surface area contributed by atoms with Crippen molar-refractivity contribution in [1.29, 1.82) is 5.26 Å². The minimum absolute atomic E-state index is 0.122. The summed E-state index contributed by atoms with van der Waals surface area (Å²) in [4.78, 5) is 3.20. The fraction of sp³-hybridized carbons (Fsp3) is 0.364. The summed E-state index contributed by atoms with van der Waals surface area (Å²) in [6, 6.07) is 1.55. The van der Waals surface area contributed by atoms with Gasteiger partial charge in [-0.2, -0.15) is 36.7 Å². The van der Waals surface area contributed by atoms with Gasteiger partial charge in [0.25, 0.3) is 5.72 Å². The Hall–Kier alpha value is -2.06. The molecule has 124 valence electrons. The largest absolute Gasteiger partial charge is 0.440 e. The van der Waals surface area contributed by atoms with E-state index in [0.29, 0.717) is 12.3 Å². The van der Waals surface area contributed by atoms with Crippen LogP contribution in [0, 0.1) is 17.2 Å². The molecule has 2 atom stereocenters. The standard InChI is InChI=1S/C11H5ClF6N4O/c12-7-1-5(10(13,14)15)3-20-8(7)22-9(23,11(16,17)18)6(2-19)4-21-22/h1,3-4,6,23H. The van der Waals surface area contributed by atoms with Crippen molar-refractivity contribution in [3.63, 3.8) is 0 Å². The number of hydrogen-bond acceptors (Lipinski definition) is 5. The number of nitriles is 1. The third kappa shape index (κ3) is 2.68. The van der Waals surface area contributed by atoms with Crippen LogP contribution < -0.4 is 5.01 Å². The SMILES string of the molecule is N#CC1C=NN(c2ncc(C(F)(F)F)cc2Cl)C1(O)C(F)(F)F. The molecule has 0 radical (unpaired) electrons. The van der Waals surface area contributed by atoms with Gasteiger partial charge in [-0.3, -0.25) is 0 Å². The molecule has 1 aliphatic rings. The highest BCUT2D eigenvalue weighted by molar-refractivity contribution is 6.33. The Morgan fingerprint density at radius 3 is 2.35 bits per heavy atom. The Kier molecular flexibility index (Phi) is 3.94. The van der Waals surface area contributed by atoms with Gasteiger partial charge in [0, 0.05) is 12.4 Å². The van der Waals surface area contributed by atoms with E-state index in [-0.39, 0.29) is 11.2 Å². The van der Waals surface area contributed by atoms with E-state index in [1.807, 2.05) is 0 Å². The molecule has 0 fully saturated rings. The Labute approximate surface area is 129 Å². The molecule has 1 aliphatic heterocycles. The minimum Gasteiger partial charge on any atom is -0.361 e. The second-order valence-corrected chi connectivity index (χ2v) is 4.84. The molecule has 5 nitrogen and oxygen atoms in total. The second kappa shape index (κ2) is 5.24. The lowest BCUT2D eigenvalue weighted by molar-refractivity contribution is -0.262. The number of hydrazone groups is 1. The van der Waals surface area contributed by atoms with Gasteiger partial charge in [-0.15, -0.1) is 0 Å². The molecule has 23 heavy (non-hydrogen) atoms. The van der Waals surface area contributed by atoms with Crippen LogP contribution in [0.3, 0.4) is 0 Å². The predicted molar refractivity (Wildman–Crippen MR) is 65.3 cm³/mol. The van der Waals surface area contributed by atoms with E-state index in [4.69, 9.17) is 16.9 Å². The van der Waals surface area contributed by atoms with Gasteiger partial charge >= 0.3 is 12.4 Å². The number of hydrogen-bond donors (Lipinski definition) is 1. The van der Waals surface area contributed by atoms with Crippen molar-refractivity contribution >= 4 is 23.6 Å². The Balaban J connectivity index is 2.54. The van der Waals surface area contributed by atoms with Crippen molar-refractivity contribution < 1.29 is 31.4 Å². The zero-order chi connectivity index (χ0) is 17.6. The highest BCUT2D eigenvalue weighted by Crippen LogP contribution is 2.45. The Morgan fingerprint density at radius 2 is 1.91 bits per heavy atom. The van der Waals surface area contributed by atoms with E-state index in [0.717, 1.165) is 0 Å². The third-order valence-electron chi connectivity index (χ3n) is 2.99. The molecular weight excluding hydrogens is 354 g/mol. The number of rotatable bonds is 1. The molecule has 0 amide bonds. The predicted octanol–water partition coefficient (Wildman–Crippen LogP) is 2.95. The Morgan fingerprint density at radius 1 is 1.30 bits per heavy atom. The summed E-state index contributed by atoms with van der Waals surface area (Å²) in [6.45, 7) is 0. The summed E-state index contributed by atoms with van der Waals surface area (Å²) in [5, 5.41) is 20.9. The molecule has 2 heterocycles. The summed E-state index contributed by atoms with van der Waals surface area (Å²) in [5.74, 6) is -2.98. The lowest BCUT2D eigenvalue weighted by Crippen LogP contribution is -2.59. The van der Waals surface area contributed by atoms with Gasteiger partial charge in [0.2, 0.25) is 0 Å². The van der Waals surface area contributed by atoms with Crippen LogP contribution in [0.2, 0.25) is 5.02 Å². The van der Waals surface area contributed by atoms with Crippen molar-refractivity contribution in [2.24, 2.45) is 11.0 Å². The van der Waals surface area contributed by atoms with Crippen LogP contribution in [0.1, 0.15) is 5.56 Å². The van der Waals surface area contributed by atoms with Crippen molar-refractivity contribution in [1.82, 2.24) is 4.98 Å². The van der Waals surface area contributed by atoms with E-state index in [9.17, 15) is 31.4 Å². The van der Waals surface area contributed by atoms with E-state index >= 15 is 0 Å². The Bertz CT molecular complexity index is 697. The van der Waals surface area contributed by atoms with Crippen LogP contribution in [0.15, 0.2) is 17.4 Å². The normalized spacial score (nSPS) is 24.8. The van der Waals surface area contributed by atoms with Crippen LogP contribution >= 0.6 is 11.6 Å². The first kappa shape index (κ1) is 17.3. The molecule has 1 N–H and O–H groups in total. The summed E-state index contributed by atoms with van der Waals surface area (Å²) < 4.78 is 77.0. The lowest BCUT2D eigenvalue weighted by atomic mass is 9.98. The molecular formula is C11H5ClF6N4O. The van der Waals surface area contributed by atoms with Crippen LogP contribution in [0.25, 0.3) is 0 Å². The molecule has 0 spiro atoms. The number of anilines is 1. The molecule has 2 unspecified atom stereocenters. The quantitative estimate of drug-likeness (QED) is 0.783. The number of aromatic nitrogens is 1. The first-order chi connectivity index (χ1) is 10.4. The molecule has 0 saturated carbocycles. The fourth-order valence-electron chi connectivity index (χ4n) is 1.83. The second-order valence-electron chi connectivity index (χ2n) is 4.43.